The summed E-state index contributed by atoms with van der Waals surface area (Å²) < 4.78 is 0.324. The second-order valence-electron chi connectivity index (χ2n) is 4.78. The Balaban J connectivity index is 2.28. The zero-order valence-corrected chi connectivity index (χ0v) is 11.1. The molecular weight excluding hydrogens is 216 g/mol. The highest BCUT2D eigenvalue weighted by Gasteiger charge is 2.37. The van der Waals surface area contributed by atoms with Crippen LogP contribution < -0.4 is 5.32 Å². The molecule has 0 spiro atoms. The SMILES string of the molecule is CNC(c1cncc(C)c1)C1(C)CCCS1. The molecular formula is C13H20N2S. The lowest BCUT2D eigenvalue weighted by Crippen LogP contribution is -2.35. The molecule has 1 N–H and O–H groups in total. The molecule has 2 rings (SSSR count). The van der Waals surface area contributed by atoms with Gasteiger partial charge in [-0.05, 0) is 50.6 Å². The van der Waals surface area contributed by atoms with Gasteiger partial charge in [0.15, 0.2) is 0 Å². The van der Waals surface area contributed by atoms with E-state index in [9.17, 15) is 0 Å². The van der Waals surface area contributed by atoms with Gasteiger partial charge in [-0.3, -0.25) is 4.98 Å². The van der Waals surface area contributed by atoms with Crippen LogP contribution in [0.25, 0.3) is 0 Å². The van der Waals surface area contributed by atoms with Crippen LogP contribution in [0.3, 0.4) is 0 Å². The number of aromatic nitrogens is 1. The molecule has 16 heavy (non-hydrogen) atoms. The average molecular weight is 236 g/mol. The first-order valence-corrected chi connectivity index (χ1v) is 6.87. The van der Waals surface area contributed by atoms with E-state index in [2.05, 4.69) is 49.0 Å². The van der Waals surface area contributed by atoms with Crippen LogP contribution in [0.4, 0.5) is 0 Å². The number of nitrogens with one attached hydrogen (secondary N) is 1. The van der Waals surface area contributed by atoms with E-state index in [4.69, 9.17) is 0 Å². The van der Waals surface area contributed by atoms with Crippen LogP contribution in [-0.2, 0) is 0 Å². The Kier molecular flexibility index (Phi) is 3.55. The molecule has 2 heterocycles. The fourth-order valence-electron chi connectivity index (χ4n) is 2.59. The summed E-state index contributed by atoms with van der Waals surface area (Å²) in [7, 11) is 2.05. The first kappa shape index (κ1) is 11.9. The number of hydrogen-bond acceptors (Lipinski definition) is 3. The van der Waals surface area contributed by atoms with Crippen molar-refractivity contribution < 1.29 is 0 Å². The third-order valence-electron chi connectivity index (χ3n) is 3.38. The number of hydrogen-bond donors (Lipinski definition) is 1. The van der Waals surface area contributed by atoms with Gasteiger partial charge in [-0.1, -0.05) is 6.07 Å². The summed E-state index contributed by atoms with van der Waals surface area (Å²) >= 11 is 2.09. The molecule has 2 atom stereocenters. The third kappa shape index (κ3) is 2.25. The molecule has 1 aromatic rings. The van der Waals surface area contributed by atoms with Crippen molar-refractivity contribution in [1.82, 2.24) is 10.3 Å². The number of thioether (sulfide) groups is 1. The monoisotopic (exact) mass is 236 g/mol. The Bertz CT molecular complexity index is 359. The highest BCUT2D eigenvalue weighted by Crippen LogP contribution is 2.46. The lowest BCUT2D eigenvalue weighted by atomic mass is 9.91. The molecule has 0 saturated carbocycles. The minimum atomic E-state index is 0.324. The smallest absolute Gasteiger partial charge is 0.0479 e. The van der Waals surface area contributed by atoms with Crippen molar-refractivity contribution >= 4 is 11.8 Å². The van der Waals surface area contributed by atoms with Gasteiger partial charge < -0.3 is 5.32 Å². The topological polar surface area (TPSA) is 24.9 Å². The van der Waals surface area contributed by atoms with E-state index in [1.165, 1.54) is 29.7 Å². The van der Waals surface area contributed by atoms with E-state index in [1.807, 2.05) is 12.4 Å². The maximum absolute atomic E-state index is 4.31. The molecule has 3 heteroatoms. The first-order chi connectivity index (χ1) is 7.65. The number of nitrogens with zero attached hydrogens (tertiary/aromatic N) is 1. The first-order valence-electron chi connectivity index (χ1n) is 5.88. The van der Waals surface area contributed by atoms with Crippen molar-refractivity contribution in [3.05, 3.63) is 29.6 Å². The van der Waals surface area contributed by atoms with E-state index < -0.39 is 0 Å². The van der Waals surface area contributed by atoms with Crippen LogP contribution in [0, 0.1) is 6.92 Å². The average Bonchev–Trinajstić information content (AvgIpc) is 2.67. The predicted molar refractivity (Wildman–Crippen MR) is 70.9 cm³/mol. The fraction of sp³-hybridized carbons (Fsp3) is 0.615. The molecule has 1 fully saturated rings. The molecule has 2 unspecified atom stereocenters. The maximum Gasteiger partial charge on any atom is 0.0479 e. The van der Waals surface area contributed by atoms with Gasteiger partial charge in [0.2, 0.25) is 0 Å². The van der Waals surface area contributed by atoms with E-state index >= 15 is 0 Å². The second kappa shape index (κ2) is 4.76. The van der Waals surface area contributed by atoms with Gasteiger partial charge in [0.25, 0.3) is 0 Å². The summed E-state index contributed by atoms with van der Waals surface area (Å²) in [6, 6.07) is 2.66. The Morgan fingerprint density at radius 1 is 1.50 bits per heavy atom. The van der Waals surface area contributed by atoms with Crippen LogP contribution in [0.1, 0.15) is 36.9 Å². The summed E-state index contributed by atoms with van der Waals surface area (Å²) in [6.07, 6.45) is 6.54. The molecule has 1 aliphatic heterocycles. The number of pyridine rings is 1. The van der Waals surface area contributed by atoms with Crippen LogP contribution in [0.15, 0.2) is 18.5 Å². The van der Waals surface area contributed by atoms with Gasteiger partial charge in [-0.2, -0.15) is 11.8 Å². The maximum atomic E-state index is 4.31. The van der Waals surface area contributed by atoms with Crippen molar-refractivity contribution in [2.24, 2.45) is 0 Å². The molecule has 2 nitrogen and oxygen atoms in total. The van der Waals surface area contributed by atoms with Crippen molar-refractivity contribution in [2.45, 2.75) is 37.5 Å². The molecule has 0 aromatic carbocycles. The van der Waals surface area contributed by atoms with Crippen molar-refractivity contribution in [3.8, 4) is 0 Å². The van der Waals surface area contributed by atoms with Gasteiger partial charge in [-0.25, -0.2) is 0 Å². The molecule has 1 saturated heterocycles. The molecule has 1 aromatic heterocycles. The number of aryl methyl sites for hydroxylation is 1. The van der Waals surface area contributed by atoms with E-state index in [0.717, 1.165) is 0 Å². The van der Waals surface area contributed by atoms with Gasteiger partial charge in [0.05, 0.1) is 0 Å². The van der Waals surface area contributed by atoms with Crippen LogP contribution >= 0.6 is 11.8 Å². The quantitative estimate of drug-likeness (QED) is 0.873. The number of rotatable bonds is 3. The Morgan fingerprint density at radius 3 is 2.88 bits per heavy atom. The van der Waals surface area contributed by atoms with Gasteiger partial charge in [0.1, 0.15) is 0 Å². The molecule has 0 bridgehead atoms. The zero-order valence-electron chi connectivity index (χ0n) is 10.3. The van der Waals surface area contributed by atoms with Crippen molar-refractivity contribution in [2.75, 3.05) is 12.8 Å². The minimum Gasteiger partial charge on any atom is -0.312 e. The third-order valence-corrected chi connectivity index (χ3v) is 4.97. The van der Waals surface area contributed by atoms with E-state index in [1.54, 1.807) is 0 Å². The Labute approximate surface area is 102 Å². The lowest BCUT2D eigenvalue weighted by Gasteiger charge is -2.33. The lowest BCUT2D eigenvalue weighted by molar-refractivity contribution is 0.439. The van der Waals surface area contributed by atoms with E-state index in [0.29, 0.717) is 10.8 Å². The molecule has 0 aliphatic carbocycles. The van der Waals surface area contributed by atoms with Crippen LogP contribution in [0.2, 0.25) is 0 Å². The van der Waals surface area contributed by atoms with Gasteiger partial charge in [-0.15, -0.1) is 0 Å². The summed E-state index contributed by atoms with van der Waals surface area (Å²) in [4.78, 5) is 4.31. The highest BCUT2D eigenvalue weighted by atomic mass is 32.2. The minimum absolute atomic E-state index is 0.324. The van der Waals surface area contributed by atoms with Crippen molar-refractivity contribution in [3.63, 3.8) is 0 Å². The van der Waals surface area contributed by atoms with E-state index in [-0.39, 0.29) is 0 Å². The van der Waals surface area contributed by atoms with Gasteiger partial charge >= 0.3 is 0 Å². The predicted octanol–water partition coefficient (Wildman–Crippen LogP) is 2.94. The van der Waals surface area contributed by atoms with Crippen molar-refractivity contribution in [1.29, 1.82) is 0 Å². The molecule has 0 amide bonds. The Morgan fingerprint density at radius 2 is 2.31 bits per heavy atom. The Hall–Kier alpha value is -0.540. The summed E-state index contributed by atoms with van der Waals surface area (Å²) in [5.74, 6) is 1.29. The standard InChI is InChI=1S/C13H20N2S/c1-10-7-11(9-15-8-10)12(14-3)13(2)5-4-6-16-13/h7-9,12,14H,4-6H2,1-3H3. The van der Waals surface area contributed by atoms with Crippen LogP contribution in [0.5, 0.6) is 0 Å². The second-order valence-corrected chi connectivity index (χ2v) is 6.41. The fourth-order valence-corrected chi connectivity index (χ4v) is 4.05. The molecule has 1 aliphatic rings. The summed E-state index contributed by atoms with van der Waals surface area (Å²) in [5, 5.41) is 3.47. The molecule has 0 radical (unpaired) electrons. The largest absolute Gasteiger partial charge is 0.312 e. The normalized spacial score (nSPS) is 26.9. The van der Waals surface area contributed by atoms with Crippen LogP contribution in [-0.4, -0.2) is 22.5 Å². The summed E-state index contributed by atoms with van der Waals surface area (Å²) in [5.41, 5.74) is 2.56. The molecule has 88 valence electrons. The highest BCUT2D eigenvalue weighted by molar-refractivity contribution is 8.00. The zero-order chi connectivity index (χ0) is 11.6. The van der Waals surface area contributed by atoms with Gasteiger partial charge in [0, 0.05) is 23.2 Å². The summed E-state index contributed by atoms with van der Waals surface area (Å²) in [6.45, 7) is 4.47.